The molecule has 0 heterocycles. The molecule has 3 aromatic carbocycles. The summed E-state index contributed by atoms with van der Waals surface area (Å²) in [6.45, 7) is 5.44. The fourth-order valence-electron chi connectivity index (χ4n) is 3.50. The Morgan fingerprint density at radius 1 is 0.974 bits per heavy atom. The zero-order chi connectivity index (χ0) is 28.6. The van der Waals surface area contributed by atoms with Crippen LogP contribution in [0.25, 0.3) is 0 Å². The molecule has 1 amide bonds. The summed E-state index contributed by atoms with van der Waals surface area (Å²) in [4.78, 5) is 24.3. The number of carbonyl (C=O) groups excluding carboxylic acids is 2. The highest BCUT2D eigenvalue weighted by Gasteiger charge is 2.27. The van der Waals surface area contributed by atoms with Crippen LogP contribution in [-0.2, 0) is 19.6 Å². The van der Waals surface area contributed by atoms with E-state index in [1.165, 1.54) is 38.6 Å². The van der Waals surface area contributed by atoms with Gasteiger partial charge in [-0.3, -0.25) is 9.10 Å². The molecule has 0 aromatic heterocycles. The van der Waals surface area contributed by atoms with E-state index >= 15 is 0 Å². The van der Waals surface area contributed by atoms with Gasteiger partial charge in [-0.1, -0.05) is 43.7 Å². The molecule has 206 valence electrons. The quantitative estimate of drug-likeness (QED) is 0.168. The third kappa shape index (κ3) is 7.57. The third-order valence-electron chi connectivity index (χ3n) is 5.69. The zero-order valence-corrected chi connectivity index (χ0v) is 23.2. The number of nitrogens with zero attached hydrogens (tertiary/aromatic N) is 2. The van der Waals surface area contributed by atoms with E-state index in [-0.39, 0.29) is 22.3 Å². The van der Waals surface area contributed by atoms with Crippen molar-refractivity contribution in [3.05, 3.63) is 83.4 Å². The average molecular weight is 554 g/mol. The van der Waals surface area contributed by atoms with Gasteiger partial charge in [-0.15, -0.1) is 0 Å². The van der Waals surface area contributed by atoms with E-state index in [0.29, 0.717) is 11.3 Å². The van der Waals surface area contributed by atoms with Gasteiger partial charge < -0.3 is 14.2 Å². The van der Waals surface area contributed by atoms with Gasteiger partial charge in [0, 0.05) is 0 Å². The Labute approximate surface area is 228 Å². The molecule has 0 bridgehead atoms. The summed E-state index contributed by atoms with van der Waals surface area (Å²) in [5.41, 5.74) is 5.20. The highest BCUT2D eigenvalue weighted by atomic mass is 32.2. The van der Waals surface area contributed by atoms with Crippen LogP contribution in [0.1, 0.15) is 36.5 Å². The van der Waals surface area contributed by atoms with Gasteiger partial charge in [0.1, 0.15) is 6.54 Å². The Kier molecular flexibility index (Phi) is 9.67. The summed E-state index contributed by atoms with van der Waals surface area (Å²) in [6.07, 6.45) is 0.449. The Hall–Kier alpha value is -4.38. The molecule has 3 aromatic rings. The SMILES string of the molecule is COC(=O)Oc1ccc(/C=N\NC(=O)CN(c2ccc(C(C)C)cc2)S(=O)(=O)c2ccc(C)cc2)cc1OC. The molecule has 0 spiro atoms. The molecule has 0 aliphatic heterocycles. The number of sulfonamides is 1. The number of nitrogens with one attached hydrogen (secondary N) is 1. The van der Waals surface area contributed by atoms with Gasteiger partial charge in [-0.25, -0.2) is 18.6 Å². The first-order valence-electron chi connectivity index (χ1n) is 12.0. The van der Waals surface area contributed by atoms with Crippen molar-refractivity contribution < 1.29 is 32.2 Å². The molecule has 0 aliphatic rings. The number of hydrogen-bond donors (Lipinski definition) is 1. The maximum absolute atomic E-state index is 13.5. The van der Waals surface area contributed by atoms with Crippen LogP contribution < -0.4 is 19.2 Å². The number of hydrazone groups is 1. The zero-order valence-electron chi connectivity index (χ0n) is 22.4. The van der Waals surface area contributed by atoms with Crippen molar-refractivity contribution in [3.8, 4) is 11.5 Å². The molecule has 39 heavy (non-hydrogen) atoms. The molecule has 1 N–H and O–H groups in total. The predicted molar refractivity (Wildman–Crippen MR) is 148 cm³/mol. The van der Waals surface area contributed by atoms with E-state index < -0.39 is 28.6 Å². The molecule has 0 saturated heterocycles. The molecule has 0 unspecified atom stereocenters. The lowest BCUT2D eigenvalue weighted by Gasteiger charge is -2.24. The highest BCUT2D eigenvalue weighted by Crippen LogP contribution is 2.28. The number of aryl methyl sites for hydroxylation is 1. The molecule has 0 aliphatic carbocycles. The molecule has 0 radical (unpaired) electrons. The molecular weight excluding hydrogens is 522 g/mol. The Bertz CT molecular complexity index is 1430. The lowest BCUT2D eigenvalue weighted by molar-refractivity contribution is -0.119. The van der Waals surface area contributed by atoms with Crippen molar-refractivity contribution in [2.24, 2.45) is 5.10 Å². The van der Waals surface area contributed by atoms with Gasteiger partial charge >= 0.3 is 6.16 Å². The lowest BCUT2D eigenvalue weighted by atomic mass is 10.0. The number of carbonyl (C=O) groups is 2. The Balaban J connectivity index is 1.81. The van der Waals surface area contributed by atoms with E-state index in [0.717, 1.165) is 15.4 Å². The first-order chi connectivity index (χ1) is 18.5. The maximum atomic E-state index is 13.5. The van der Waals surface area contributed by atoms with Gasteiger partial charge in [0.25, 0.3) is 15.9 Å². The summed E-state index contributed by atoms with van der Waals surface area (Å²) in [7, 11) is -1.46. The average Bonchev–Trinajstić information content (AvgIpc) is 2.92. The topological polar surface area (TPSA) is 124 Å². The molecule has 11 heteroatoms. The molecule has 3 rings (SSSR count). The highest BCUT2D eigenvalue weighted by molar-refractivity contribution is 7.92. The van der Waals surface area contributed by atoms with E-state index in [9.17, 15) is 18.0 Å². The molecule has 0 fully saturated rings. The van der Waals surface area contributed by atoms with Crippen molar-refractivity contribution in [1.29, 1.82) is 0 Å². The summed E-state index contributed by atoms with van der Waals surface area (Å²) in [5, 5.41) is 3.94. The second-order valence-corrected chi connectivity index (χ2v) is 10.7. The normalized spacial score (nSPS) is 11.3. The number of amides is 1. The molecule has 0 saturated carbocycles. The van der Waals surface area contributed by atoms with Crippen LogP contribution in [0.4, 0.5) is 10.5 Å². The van der Waals surface area contributed by atoms with E-state index in [1.54, 1.807) is 36.4 Å². The van der Waals surface area contributed by atoms with Crippen LogP contribution in [0.2, 0.25) is 0 Å². The third-order valence-corrected chi connectivity index (χ3v) is 7.48. The number of hydrogen-bond acceptors (Lipinski definition) is 8. The largest absolute Gasteiger partial charge is 0.513 e. The smallest absolute Gasteiger partial charge is 0.493 e. The first kappa shape index (κ1) is 29.2. The van der Waals surface area contributed by atoms with Gasteiger partial charge in [0.05, 0.1) is 31.0 Å². The van der Waals surface area contributed by atoms with Gasteiger partial charge in [0.15, 0.2) is 11.5 Å². The fourth-order valence-corrected chi connectivity index (χ4v) is 4.92. The molecular formula is C28H31N3O7S. The van der Waals surface area contributed by atoms with Crippen LogP contribution in [0, 0.1) is 6.92 Å². The predicted octanol–water partition coefficient (Wildman–Crippen LogP) is 4.62. The van der Waals surface area contributed by atoms with Crippen LogP contribution in [-0.4, -0.2) is 47.5 Å². The van der Waals surface area contributed by atoms with Crippen molar-refractivity contribution in [3.63, 3.8) is 0 Å². The van der Waals surface area contributed by atoms with Crippen LogP contribution >= 0.6 is 0 Å². The van der Waals surface area contributed by atoms with Gasteiger partial charge in [0.2, 0.25) is 0 Å². The fraction of sp³-hybridized carbons (Fsp3) is 0.250. The summed E-state index contributed by atoms with van der Waals surface area (Å²) in [5.74, 6) is 0.00732. The Morgan fingerprint density at radius 2 is 1.64 bits per heavy atom. The van der Waals surface area contributed by atoms with Crippen molar-refractivity contribution >= 4 is 34.0 Å². The second kappa shape index (κ2) is 12.9. The number of anilines is 1. The van der Waals surface area contributed by atoms with Crippen LogP contribution in [0.15, 0.2) is 76.7 Å². The first-order valence-corrected chi connectivity index (χ1v) is 13.4. The Morgan fingerprint density at radius 3 is 2.23 bits per heavy atom. The number of ether oxygens (including phenoxy) is 3. The number of benzene rings is 3. The number of rotatable bonds is 10. The minimum atomic E-state index is -4.05. The minimum Gasteiger partial charge on any atom is -0.493 e. The summed E-state index contributed by atoms with van der Waals surface area (Å²) >= 11 is 0. The monoisotopic (exact) mass is 553 g/mol. The minimum absolute atomic E-state index is 0.0682. The summed E-state index contributed by atoms with van der Waals surface area (Å²) in [6, 6.07) is 18.1. The number of methoxy groups -OCH3 is 2. The van der Waals surface area contributed by atoms with Gasteiger partial charge in [-0.2, -0.15) is 5.10 Å². The lowest BCUT2D eigenvalue weighted by Crippen LogP contribution is -2.39. The molecule has 0 atom stereocenters. The van der Waals surface area contributed by atoms with Crippen molar-refractivity contribution in [1.82, 2.24) is 5.43 Å². The van der Waals surface area contributed by atoms with Crippen LogP contribution in [0.5, 0.6) is 11.5 Å². The van der Waals surface area contributed by atoms with Gasteiger partial charge in [-0.05, 0) is 66.4 Å². The van der Waals surface area contributed by atoms with Crippen molar-refractivity contribution in [2.75, 3.05) is 25.1 Å². The second-order valence-electron chi connectivity index (χ2n) is 8.83. The standard InChI is InChI=1S/C28H31N3O7S/c1-19(2)22-9-11-23(12-10-22)31(39(34,35)24-13-6-20(3)7-14-24)18-27(32)30-29-17-21-8-15-25(26(16-21)36-4)38-28(33)37-5/h6-17,19H,18H2,1-5H3,(H,30,32)/b29-17-. The van der Waals surface area contributed by atoms with E-state index in [4.69, 9.17) is 9.47 Å². The van der Waals surface area contributed by atoms with E-state index in [1.807, 2.05) is 32.9 Å². The van der Waals surface area contributed by atoms with Crippen molar-refractivity contribution in [2.45, 2.75) is 31.6 Å². The molecule has 10 nitrogen and oxygen atoms in total. The summed E-state index contributed by atoms with van der Waals surface area (Å²) < 4.78 is 42.8. The van der Waals surface area contributed by atoms with Crippen LogP contribution in [0.3, 0.4) is 0 Å². The maximum Gasteiger partial charge on any atom is 0.513 e. The van der Waals surface area contributed by atoms with E-state index in [2.05, 4.69) is 15.3 Å².